The summed E-state index contributed by atoms with van der Waals surface area (Å²) in [4.78, 5) is 39.7. The van der Waals surface area contributed by atoms with Gasteiger partial charge in [-0.05, 0) is 62.6 Å². The molecule has 2 aromatic rings. The maximum Gasteiger partial charge on any atom is 0.328 e. The normalized spacial score (nSPS) is 20.6. The fraction of sp³-hybridized carbons (Fsp3) is 0.526. The van der Waals surface area contributed by atoms with E-state index in [1.807, 2.05) is 19.9 Å². The van der Waals surface area contributed by atoms with Crippen LogP contribution < -0.4 is 11.2 Å². The van der Waals surface area contributed by atoms with Crippen LogP contribution in [-0.4, -0.2) is 22.6 Å². The van der Waals surface area contributed by atoms with E-state index in [1.165, 1.54) is 11.7 Å². The molecule has 25 heavy (non-hydrogen) atoms. The molecule has 1 saturated carbocycles. The molecule has 1 aliphatic rings. The van der Waals surface area contributed by atoms with Crippen LogP contribution in [0.2, 0.25) is 0 Å². The zero-order valence-electron chi connectivity index (χ0n) is 14.9. The first-order valence-electron chi connectivity index (χ1n) is 8.73. The number of esters is 1. The molecule has 1 aromatic heterocycles. The van der Waals surface area contributed by atoms with Crippen LogP contribution in [0.25, 0.3) is 10.9 Å². The Hall–Kier alpha value is -2.37. The minimum absolute atomic E-state index is 0.0576. The second-order valence-electron chi connectivity index (χ2n) is 7.02. The van der Waals surface area contributed by atoms with E-state index in [0.717, 1.165) is 36.8 Å². The third-order valence-electron chi connectivity index (χ3n) is 5.50. The van der Waals surface area contributed by atoms with Crippen molar-refractivity contribution in [3.05, 3.63) is 44.1 Å². The molecule has 0 radical (unpaired) electrons. The highest BCUT2D eigenvalue weighted by Gasteiger charge is 2.27. The predicted octanol–water partition coefficient (Wildman–Crippen LogP) is 2.29. The molecule has 3 rings (SSSR count). The van der Waals surface area contributed by atoms with Crippen molar-refractivity contribution >= 4 is 16.9 Å². The first kappa shape index (κ1) is 17.5. The average molecular weight is 344 g/mol. The Morgan fingerprint density at radius 1 is 1.20 bits per heavy atom. The second kappa shape index (κ2) is 6.86. The van der Waals surface area contributed by atoms with E-state index in [1.54, 1.807) is 6.07 Å². The predicted molar refractivity (Wildman–Crippen MR) is 95.8 cm³/mol. The molecule has 0 unspecified atom stereocenters. The van der Waals surface area contributed by atoms with Gasteiger partial charge >= 0.3 is 11.7 Å². The Kier molecular flexibility index (Phi) is 4.79. The zero-order chi connectivity index (χ0) is 18.1. The van der Waals surface area contributed by atoms with Gasteiger partial charge in [-0.15, -0.1) is 0 Å². The summed E-state index contributed by atoms with van der Waals surface area (Å²) < 4.78 is 6.12. The average Bonchev–Trinajstić information content (AvgIpc) is 2.61. The third-order valence-corrected chi connectivity index (χ3v) is 5.50. The van der Waals surface area contributed by atoms with Crippen LogP contribution in [-0.2, 0) is 16.1 Å². The third kappa shape index (κ3) is 3.25. The summed E-state index contributed by atoms with van der Waals surface area (Å²) in [5.41, 5.74) is 1.93. The van der Waals surface area contributed by atoms with E-state index < -0.39 is 0 Å². The fourth-order valence-corrected chi connectivity index (χ4v) is 3.78. The topological polar surface area (TPSA) is 81.2 Å². The number of nitrogens with one attached hydrogen (secondary N) is 1. The smallest absolute Gasteiger partial charge is 0.328 e. The molecule has 1 aliphatic carbocycles. The van der Waals surface area contributed by atoms with E-state index in [-0.39, 0.29) is 29.1 Å². The molecule has 0 saturated heterocycles. The van der Waals surface area contributed by atoms with E-state index in [4.69, 9.17) is 4.74 Å². The highest BCUT2D eigenvalue weighted by Crippen LogP contribution is 2.30. The number of carbonyl (C=O) groups excluding carboxylic acids is 1. The summed E-state index contributed by atoms with van der Waals surface area (Å²) in [5.74, 6) is 0.00490. The Bertz CT molecular complexity index is 917. The Balaban J connectivity index is 1.88. The number of aromatic nitrogens is 2. The molecule has 1 heterocycles. The van der Waals surface area contributed by atoms with Crippen LogP contribution in [0.3, 0.4) is 0 Å². The van der Waals surface area contributed by atoms with Crippen LogP contribution in [0, 0.1) is 25.7 Å². The number of H-pyrrole nitrogens is 1. The van der Waals surface area contributed by atoms with Crippen molar-refractivity contribution in [2.75, 3.05) is 7.11 Å². The fourth-order valence-electron chi connectivity index (χ4n) is 3.78. The number of nitrogens with zero attached hydrogens (tertiary/aromatic N) is 1. The van der Waals surface area contributed by atoms with Crippen molar-refractivity contribution < 1.29 is 9.53 Å². The van der Waals surface area contributed by atoms with Gasteiger partial charge in [0.25, 0.3) is 5.56 Å². The summed E-state index contributed by atoms with van der Waals surface area (Å²) in [7, 11) is 1.41. The van der Waals surface area contributed by atoms with Crippen LogP contribution >= 0.6 is 0 Å². The van der Waals surface area contributed by atoms with Crippen molar-refractivity contribution in [3.8, 4) is 0 Å². The number of benzene rings is 1. The summed E-state index contributed by atoms with van der Waals surface area (Å²) in [6.45, 7) is 4.26. The SMILES string of the molecule is COC(=O)[C@H]1CC[C@H](Cn2c(=O)[nH]c3ccc(C)c(C)c3c2=O)CC1. The van der Waals surface area contributed by atoms with Crippen LogP contribution in [0.15, 0.2) is 21.7 Å². The Morgan fingerprint density at radius 3 is 2.52 bits per heavy atom. The molecule has 0 bridgehead atoms. The molecule has 0 amide bonds. The van der Waals surface area contributed by atoms with Gasteiger partial charge < -0.3 is 9.72 Å². The number of methoxy groups -OCH3 is 1. The molecule has 0 aliphatic heterocycles. The quantitative estimate of drug-likeness (QED) is 0.866. The molecular weight excluding hydrogens is 320 g/mol. The summed E-state index contributed by atoms with van der Waals surface area (Å²) in [6, 6.07) is 3.69. The number of hydrogen-bond donors (Lipinski definition) is 1. The first-order valence-corrected chi connectivity index (χ1v) is 8.73. The molecule has 0 spiro atoms. The first-order chi connectivity index (χ1) is 11.9. The standard InChI is InChI=1S/C19H24N2O4/c1-11-4-9-15-16(12(11)2)17(22)21(19(24)20-15)10-13-5-7-14(8-6-13)18(23)25-3/h4,9,13-14H,5-8,10H2,1-3H3,(H,20,24)/t13-,14-. The van der Waals surface area contributed by atoms with Gasteiger partial charge in [-0.2, -0.15) is 0 Å². The number of aryl methyl sites for hydroxylation is 2. The minimum atomic E-state index is -0.365. The number of hydrogen-bond acceptors (Lipinski definition) is 4. The molecular formula is C19H24N2O4. The van der Waals surface area contributed by atoms with Crippen molar-refractivity contribution in [2.45, 2.75) is 46.1 Å². The van der Waals surface area contributed by atoms with Crippen molar-refractivity contribution in [3.63, 3.8) is 0 Å². The van der Waals surface area contributed by atoms with Gasteiger partial charge in [0.05, 0.1) is 23.9 Å². The maximum atomic E-state index is 12.9. The van der Waals surface area contributed by atoms with Gasteiger partial charge in [-0.1, -0.05) is 6.07 Å². The van der Waals surface area contributed by atoms with E-state index in [0.29, 0.717) is 17.4 Å². The number of fused-ring (bicyclic) bond motifs is 1. The Morgan fingerprint density at radius 2 is 1.88 bits per heavy atom. The van der Waals surface area contributed by atoms with Gasteiger partial charge in [0.2, 0.25) is 0 Å². The lowest BCUT2D eigenvalue weighted by atomic mass is 9.82. The minimum Gasteiger partial charge on any atom is -0.469 e. The van der Waals surface area contributed by atoms with Gasteiger partial charge in [0.1, 0.15) is 0 Å². The van der Waals surface area contributed by atoms with Crippen molar-refractivity contribution in [1.29, 1.82) is 0 Å². The molecule has 0 atom stereocenters. The van der Waals surface area contributed by atoms with Crippen LogP contribution in [0.4, 0.5) is 0 Å². The largest absolute Gasteiger partial charge is 0.469 e. The summed E-state index contributed by atoms with van der Waals surface area (Å²) >= 11 is 0. The number of carbonyl (C=O) groups is 1. The lowest BCUT2D eigenvalue weighted by Gasteiger charge is -2.27. The highest BCUT2D eigenvalue weighted by atomic mass is 16.5. The summed E-state index contributed by atoms with van der Waals surface area (Å²) in [5, 5.41) is 0.586. The molecule has 1 N–H and O–H groups in total. The van der Waals surface area contributed by atoms with E-state index in [2.05, 4.69) is 4.98 Å². The molecule has 6 nitrogen and oxygen atoms in total. The lowest BCUT2D eigenvalue weighted by Crippen LogP contribution is -2.38. The zero-order valence-corrected chi connectivity index (χ0v) is 14.9. The molecule has 1 fully saturated rings. The lowest BCUT2D eigenvalue weighted by molar-refractivity contribution is -0.146. The number of ether oxygens (including phenoxy) is 1. The molecule has 134 valence electrons. The molecule has 1 aromatic carbocycles. The van der Waals surface area contributed by atoms with Crippen LogP contribution in [0.1, 0.15) is 36.8 Å². The Labute approximate surface area is 145 Å². The number of rotatable bonds is 3. The summed E-state index contributed by atoms with van der Waals surface area (Å²) in [6.07, 6.45) is 3.12. The van der Waals surface area contributed by atoms with Gasteiger partial charge in [0.15, 0.2) is 0 Å². The van der Waals surface area contributed by atoms with Gasteiger partial charge in [-0.25, -0.2) is 4.79 Å². The van der Waals surface area contributed by atoms with E-state index in [9.17, 15) is 14.4 Å². The van der Waals surface area contributed by atoms with E-state index >= 15 is 0 Å². The number of aromatic amines is 1. The van der Waals surface area contributed by atoms with Crippen molar-refractivity contribution in [1.82, 2.24) is 9.55 Å². The molecule has 6 heteroatoms. The highest BCUT2D eigenvalue weighted by molar-refractivity contribution is 5.82. The van der Waals surface area contributed by atoms with Crippen LogP contribution in [0.5, 0.6) is 0 Å². The van der Waals surface area contributed by atoms with Gasteiger partial charge in [0, 0.05) is 6.54 Å². The van der Waals surface area contributed by atoms with Gasteiger partial charge in [-0.3, -0.25) is 14.2 Å². The maximum absolute atomic E-state index is 12.9. The van der Waals surface area contributed by atoms with Crippen molar-refractivity contribution in [2.24, 2.45) is 11.8 Å². The second-order valence-corrected chi connectivity index (χ2v) is 7.02. The monoisotopic (exact) mass is 344 g/mol.